The van der Waals surface area contributed by atoms with Crippen LogP contribution in [0.1, 0.15) is 85.9 Å². The van der Waals surface area contributed by atoms with E-state index in [1.54, 1.807) is 0 Å². The van der Waals surface area contributed by atoms with Gasteiger partial charge in [-0.05, 0) is 12.8 Å². The molecule has 26 heavy (non-hydrogen) atoms. The quantitative estimate of drug-likeness (QED) is 0.224. The SMILES string of the molecule is CCCCCCCCCCCCOS(=O)(=O)OCCC.O=S(=O)(O)O.[H-].[Na+]. The van der Waals surface area contributed by atoms with Crippen molar-refractivity contribution in [2.24, 2.45) is 0 Å². The molecule has 0 aliphatic carbocycles. The minimum Gasteiger partial charge on any atom is -1.00 e. The standard InChI is InChI=1S/C15H32O4S.Na.H2O4S.H/c1-3-5-6-7-8-9-10-11-12-13-15-19-20(16,17)18-14-4-2;;1-5(2,3)4;/h3-15H2,1-2H3;;(H2,1,2,3,4);/q;+1;;-1. The van der Waals surface area contributed by atoms with Crippen molar-refractivity contribution in [1.82, 2.24) is 0 Å². The Labute approximate surface area is 183 Å². The van der Waals surface area contributed by atoms with E-state index in [1.165, 1.54) is 44.9 Å². The molecule has 0 aliphatic heterocycles. The molecular formula is C15H35NaO8S2. The summed E-state index contributed by atoms with van der Waals surface area (Å²) in [7, 11) is -8.42. The van der Waals surface area contributed by atoms with Gasteiger partial charge in [-0.2, -0.15) is 16.8 Å². The molecular weight excluding hydrogens is 395 g/mol. The van der Waals surface area contributed by atoms with Crippen LogP contribution in [-0.4, -0.2) is 39.2 Å². The van der Waals surface area contributed by atoms with Crippen LogP contribution in [-0.2, 0) is 29.2 Å². The first-order chi connectivity index (χ1) is 11.6. The van der Waals surface area contributed by atoms with E-state index in [-0.39, 0.29) is 44.2 Å². The summed E-state index contributed by atoms with van der Waals surface area (Å²) in [5.74, 6) is 0. The second-order valence-electron chi connectivity index (χ2n) is 5.68. The maximum absolute atomic E-state index is 11.2. The molecule has 0 aromatic heterocycles. The van der Waals surface area contributed by atoms with Gasteiger partial charge in [0.25, 0.3) is 0 Å². The van der Waals surface area contributed by atoms with Gasteiger partial charge in [-0.3, -0.25) is 9.11 Å². The van der Waals surface area contributed by atoms with Crippen molar-refractivity contribution in [2.45, 2.75) is 84.5 Å². The van der Waals surface area contributed by atoms with E-state index in [9.17, 15) is 8.42 Å². The molecule has 0 aromatic rings. The number of hydrogen-bond donors (Lipinski definition) is 2. The fourth-order valence-electron chi connectivity index (χ4n) is 1.97. The van der Waals surface area contributed by atoms with Crippen LogP contribution in [0.4, 0.5) is 0 Å². The van der Waals surface area contributed by atoms with Crippen molar-refractivity contribution in [2.75, 3.05) is 13.2 Å². The molecule has 0 atom stereocenters. The molecule has 0 spiro atoms. The molecule has 0 unspecified atom stereocenters. The number of hydrogen-bond acceptors (Lipinski definition) is 6. The molecule has 0 saturated carbocycles. The Kier molecular flexibility index (Phi) is 24.8. The minimum atomic E-state index is -4.67. The van der Waals surface area contributed by atoms with Crippen molar-refractivity contribution >= 4 is 20.8 Å². The Balaban J connectivity index is -0.000000333. The fraction of sp³-hybridized carbons (Fsp3) is 1.00. The largest absolute Gasteiger partial charge is 1.00 e. The van der Waals surface area contributed by atoms with Gasteiger partial charge in [-0.15, -0.1) is 0 Å². The van der Waals surface area contributed by atoms with Crippen molar-refractivity contribution in [3.63, 3.8) is 0 Å². The van der Waals surface area contributed by atoms with Gasteiger partial charge in [-0.1, -0.05) is 71.6 Å². The molecule has 0 amide bonds. The predicted octanol–water partition coefficient (Wildman–Crippen LogP) is 1.06. The van der Waals surface area contributed by atoms with Crippen molar-refractivity contribution in [3.8, 4) is 0 Å². The maximum Gasteiger partial charge on any atom is 1.00 e. The molecule has 0 aromatic carbocycles. The third-order valence-electron chi connectivity index (χ3n) is 3.16. The van der Waals surface area contributed by atoms with Crippen LogP contribution in [0.5, 0.6) is 0 Å². The summed E-state index contributed by atoms with van der Waals surface area (Å²) in [6.45, 7) is 4.52. The van der Waals surface area contributed by atoms with E-state index in [2.05, 4.69) is 11.1 Å². The van der Waals surface area contributed by atoms with Crippen molar-refractivity contribution in [3.05, 3.63) is 0 Å². The molecule has 0 rings (SSSR count). The molecule has 8 nitrogen and oxygen atoms in total. The van der Waals surface area contributed by atoms with Gasteiger partial charge in [-0.25, -0.2) is 8.37 Å². The van der Waals surface area contributed by atoms with Gasteiger partial charge in [0.15, 0.2) is 0 Å². The summed E-state index contributed by atoms with van der Waals surface area (Å²) in [4.78, 5) is 0. The summed E-state index contributed by atoms with van der Waals surface area (Å²) >= 11 is 0. The summed E-state index contributed by atoms with van der Waals surface area (Å²) in [6.07, 6.45) is 12.9. The smallest absolute Gasteiger partial charge is 1.00 e. The predicted molar refractivity (Wildman–Crippen MR) is 98.2 cm³/mol. The minimum absolute atomic E-state index is 0. The molecule has 0 bridgehead atoms. The second-order valence-corrected chi connectivity index (χ2v) is 7.87. The van der Waals surface area contributed by atoms with E-state index < -0.39 is 20.8 Å². The number of rotatable bonds is 15. The molecule has 0 radical (unpaired) electrons. The Bertz CT molecular complexity index is 478. The Morgan fingerprint density at radius 1 is 0.654 bits per heavy atom. The fourth-order valence-corrected chi connectivity index (χ4v) is 2.73. The zero-order chi connectivity index (χ0) is 19.6. The van der Waals surface area contributed by atoms with Crippen LogP contribution >= 0.6 is 0 Å². The average Bonchev–Trinajstić information content (AvgIpc) is 2.49. The monoisotopic (exact) mass is 430 g/mol. The van der Waals surface area contributed by atoms with E-state index in [0.717, 1.165) is 19.3 Å². The summed E-state index contributed by atoms with van der Waals surface area (Å²) < 4.78 is 63.4. The molecule has 2 N–H and O–H groups in total. The first-order valence-electron chi connectivity index (χ1n) is 8.86. The van der Waals surface area contributed by atoms with Crippen LogP contribution in [0.2, 0.25) is 0 Å². The topological polar surface area (TPSA) is 127 Å². The van der Waals surface area contributed by atoms with Gasteiger partial charge in [0.2, 0.25) is 0 Å². The Hall–Kier alpha value is 0.740. The molecule has 0 fully saturated rings. The Morgan fingerprint density at radius 2 is 1.00 bits per heavy atom. The van der Waals surface area contributed by atoms with Gasteiger partial charge in [0, 0.05) is 0 Å². The van der Waals surface area contributed by atoms with E-state index in [1.807, 2.05) is 6.92 Å². The first-order valence-corrected chi connectivity index (χ1v) is 11.6. The molecule has 0 saturated heterocycles. The van der Waals surface area contributed by atoms with E-state index >= 15 is 0 Å². The molecule has 0 aliphatic rings. The van der Waals surface area contributed by atoms with E-state index in [0.29, 0.717) is 6.42 Å². The zero-order valence-corrected chi connectivity index (χ0v) is 20.0. The number of unbranched alkanes of at least 4 members (excludes halogenated alkanes) is 9. The molecule has 156 valence electrons. The van der Waals surface area contributed by atoms with Crippen LogP contribution in [0.25, 0.3) is 0 Å². The maximum atomic E-state index is 11.2. The normalized spacial score (nSPS) is 11.4. The first kappa shape index (κ1) is 31.4. The van der Waals surface area contributed by atoms with Gasteiger partial charge in [0.05, 0.1) is 13.2 Å². The summed E-state index contributed by atoms with van der Waals surface area (Å²) in [6, 6.07) is 0. The van der Waals surface area contributed by atoms with Crippen molar-refractivity contribution < 1.29 is 65.3 Å². The van der Waals surface area contributed by atoms with Crippen LogP contribution in [0, 0.1) is 0 Å². The average molecular weight is 431 g/mol. The van der Waals surface area contributed by atoms with Gasteiger partial charge in [0.1, 0.15) is 0 Å². The third kappa shape index (κ3) is 35.8. The van der Waals surface area contributed by atoms with Gasteiger partial charge >= 0.3 is 50.4 Å². The van der Waals surface area contributed by atoms with Gasteiger partial charge < -0.3 is 1.43 Å². The summed E-state index contributed by atoms with van der Waals surface area (Å²) in [5, 5.41) is 0. The van der Waals surface area contributed by atoms with Crippen LogP contribution in [0.15, 0.2) is 0 Å². The van der Waals surface area contributed by atoms with Crippen LogP contribution in [0.3, 0.4) is 0 Å². The Morgan fingerprint density at radius 3 is 1.38 bits per heavy atom. The van der Waals surface area contributed by atoms with E-state index in [4.69, 9.17) is 21.7 Å². The summed E-state index contributed by atoms with van der Waals surface area (Å²) in [5.41, 5.74) is 0. The zero-order valence-electron chi connectivity index (χ0n) is 17.4. The van der Waals surface area contributed by atoms with Crippen molar-refractivity contribution in [1.29, 1.82) is 0 Å². The molecule has 0 heterocycles. The second kappa shape index (κ2) is 20.5. The molecule has 11 heteroatoms. The van der Waals surface area contributed by atoms with Crippen LogP contribution < -0.4 is 29.6 Å². The third-order valence-corrected chi connectivity index (χ3v) is 4.07.